The van der Waals surface area contributed by atoms with Gasteiger partial charge >= 0.3 is 0 Å². The van der Waals surface area contributed by atoms with Crippen LogP contribution in [0.15, 0.2) is 24.3 Å². The topological polar surface area (TPSA) is 38.7 Å². The fourth-order valence-corrected chi connectivity index (χ4v) is 2.72. The molecule has 20 heavy (non-hydrogen) atoms. The van der Waals surface area contributed by atoms with E-state index in [9.17, 15) is 0 Å². The van der Waals surface area contributed by atoms with Crippen LogP contribution in [0.1, 0.15) is 18.9 Å². The van der Waals surface area contributed by atoms with Gasteiger partial charge in [0.1, 0.15) is 0 Å². The Morgan fingerprint density at radius 2 is 1.90 bits per heavy atom. The predicted octanol–water partition coefficient (Wildman–Crippen LogP) is 1.30. The number of piperazine rings is 1. The number of rotatable bonds is 7. The maximum atomic E-state index is 9.00. The SMILES string of the molecule is CCCNCc1ccccc1N1CCN(CCO)CC1. The summed E-state index contributed by atoms with van der Waals surface area (Å²) in [5, 5.41) is 12.5. The van der Waals surface area contributed by atoms with Crippen molar-refractivity contribution in [3.63, 3.8) is 0 Å². The molecule has 2 rings (SSSR count). The van der Waals surface area contributed by atoms with Crippen LogP contribution in [0.3, 0.4) is 0 Å². The molecule has 4 heteroatoms. The van der Waals surface area contributed by atoms with Gasteiger partial charge in [0.2, 0.25) is 0 Å². The van der Waals surface area contributed by atoms with Gasteiger partial charge < -0.3 is 15.3 Å². The predicted molar refractivity (Wildman–Crippen MR) is 84.2 cm³/mol. The van der Waals surface area contributed by atoms with Gasteiger partial charge in [0, 0.05) is 45.0 Å². The Kier molecular flexibility index (Phi) is 6.30. The van der Waals surface area contributed by atoms with Gasteiger partial charge in [-0.1, -0.05) is 25.1 Å². The number of anilines is 1. The summed E-state index contributed by atoms with van der Waals surface area (Å²) in [4.78, 5) is 4.80. The molecule has 1 saturated heterocycles. The molecule has 1 heterocycles. The van der Waals surface area contributed by atoms with Crippen LogP contribution >= 0.6 is 0 Å². The first-order valence-corrected chi connectivity index (χ1v) is 7.72. The van der Waals surface area contributed by atoms with E-state index in [4.69, 9.17) is 5.11 Å². The Balaban J connectivity index is 1.95. The minimum Gasteiger partial charge on any atom is -0.395 e. The van der Waals surface area contributed by atoms with Gasteiger partial charge in [-0.3, -0.25) is 4.90 Å². The third kappa shape index (κ3) is 4.20. The summed E-state index contributed by atoms with van der Waals surface area (Å²) >= 11 is 0. The number of hydrogen-bond donors (Lipinski definition) is 2. The molecule has 0 bridgehead atoms. The zero-order valence-electron chi connectivity index (χ0n) is 12.5. The van der Waals surface area contributed by atoms with E-state index >= 15 is 0 Å². The first kappa shape index (κ1) is 15.3. The van der Waals surface area contributed by atoms with Crippen LogP contribution in [-0.4, -0.2) is 55.9 Å². The molecule has 0 unspecified atom stereocenters. The van der Waals surface area contributed by atoms with E-state index in [-0.39, 0.29) is 6.61 Å². The summed E-state index contributed by atoms with van der Waals surface area (Å²) in [5.41, 5.74) is 2.75. The third-order valence-corrected chi connectivity index (χ3v) is 3.86. The van der Waals surface area contributed by atoms with Crippen molar-refractivity contribution in [2.45, 2.75) is 19.9 Å². The molecule has 1 fully saturated rings. The first-order valence-electron chi connectivity index (χ1n) is 7.72. The molecule has 4 nitrogen and oxygen atoms in total. The molecule has 2 N–H and O–H groups in total. The zero-order chi connectivity index (χ0) is 14.2. The third-order valence-electron chi connectivity index (χ3n) is 3.86. The molecule has 0 aromatic heterocycles. The quantitative estimate of drug-likeness (QED) is 0.737. The number of nitrogens with one attached hydrogen (secondary N) is 1. The smallest absolute Gasteiger partial charge is 0.0558 e. The van der Waals surface area contributed by atoms with E-state index in [0.29, 0.717) is 0 Å². The second-order valence-electron chi connectivity index (χ2n) is 5.36. The molecular formula is C16H27N3O. The van der Waals surface area contributed by atoms with E-state index in [1.165, 1.54) is 17.7 Å². The Morgan fingerprint density at radius 1 is 1.15 bits per heavy atom. The molecule has 0 aliphatic carbocycles. The van der Waals surface area contributed by atoms with Crippen molar-refractivity contribution in [2.75, 3.05) is 50.8 Å². The molecule has 0 saturated carbocycles. The maximum absolute atomic E-state index is 9.00. The second-order valence-corrected chi connectivity index (χ2v) is 5.36. The molecule has 0 spiro atoms. The normalized spacial score (nSPS) is 16.6. The summed E-state index contributed by atoms with van der Waals surface area (Å²) in [7, 11) is 0. The number of β-amino-alcohol motifs (C(OH)–C–C–N with tert-alkyl or cyclic N) is 1. The lowest BCUT2D eigenvalue weighted by molar-refractivity contribution is 0.188. The Bertz CT molecular complexity index is 389. The van der Waals surface area contributed by atoms with E-state index < -0.39 is 0 Å². The van der Waals surface area contributed by atoms with Crippen molar-refractivity contribution in [3.8, 4) is 0 Å². The summed E-state index contributed by atoms with van der Waals surface area (Å²) in [5.74, 6) is 0. The number of hydrogen-bond acceptors (Lipinski definition) is 4. The Morgan fingerprint density at radius 3 is 2.60 bits per heavy atom. The van der Waals surface area contributed by atoms with Gasteiger partial charge in [-0.05, 0) is 24.6 Å². The van der Waals surface area contributed by atoms with E-state index in [2.05, 4.69) is 46.3 Å². The number of nitrogens with zero attached hydrogens (tertiary/aromatic N) is 2. The van der Waals surface area contributed by atoms with Crippen LogP contribution in [0.5, 0.6) is 0 Å². The highest BCUT2D eigenvalue weighted by molar-refractivity contribution is 5.54. The van der Waals surface area contributed by atoms with Crippen LogP contribution in [0.2, 0.25) is 0 Å². The van der Waals surface area contributed by atoms with Crippen LogP contribution in [0.25, 0.3) is 0 Å². The van der Waals surface area contributed by atoms with Gasteiger partial charge in [0.25, 0.3) is 0 Å². The van der Waals surface area contributed by atoms with Gasteiger partial charge in [-0.25, -0.2) is 0 Å². The number of para-hydroxylation sites is 1. The van der Waals surface area contributed by atoms with Crippen LogP contribution in [0, 0.1) is 0 Å². The highest BCUT2D eigenvalue weighted by atomic mass is 16.3. The number of benzene rings is 1. The van der Waals surface area contributed by atoms with Crippen molar-refractivity contribution in [2.24, 2.45) is 0 Å². The first-order chi connectivity index (χ1) is 9.85. The molecule has 1 aromatic rings. The largest absolute Gasteiger partial charge is 0.395 e. The van der Waals surface area contributed by atoms with Gasteiger partial charge in [0.05, 0.1) is 6.61 Å². The van der Waals surface area contributed by atoms with Crippen molar-refractivity contribution < 1.29 is 5.11 Å². The second kappa shape index (κ2) is 8.25. The molecular weight excluding hydrogens is 250 g/mol. The summed E-state index contributed by atoms with van der Waals surface area (Å²) in [6.45, 7) is 9.44. The minimum absolute atomic E-state index is 0.261. The molecule has 1 aliphatic heterocycles. The average molecular weight is 277 g/mol. The lowest BCUT2D eigenvalue weighted by Gasteiger charge is -2.36. The monoisotopic (exact) mass is 277 g/mol. The average Bonchev–Trinajstić information content (AvgIpc) is 2.49. The lowest BCUT2D eigenvalue weighted by atomic mass is 10.1. The highest BCUT2D eigenvalue weighted by Gasteiger charge is 2.18. The summed E-state index contributed by atoms with van der Waals surface area (Å²) < 4.78 is 0. The highest BCUT2D eigenvalue weighted by Crippen LogP contribution is 2.21. The van der Waals surface area contributed by atoms with Crippen LogP contribution in [-0.2, 0) is 6.54 Å². The molecule has 0 amide bonds. The molecule has 1 aromatic carbocycles. The lowest BCUT2D eigenvalue weighted by Crippen LogP contribution is -2.47. The van der Waals surface area contributed by atoms with Gasteiger partial charge in [-0.15, -0.1) is 0 Å². The van der Waals surface area contributed by atoms with E-state index in [1.54, 1.807) is 0 Å². The van der Waals surface area contributed by atoms with Crippen LogP contribution < -0.4 is 10.2 Å². The standard InChI is InChI=1S/C16H27N3O/c1-2-7-17-14-15-5-3-4-6-16(15)19-10-8-18(9-11-19)12-13-20/h3-6,17,20H,2,7-14H2,1H3. The zero-order valence-corrected chi connectivity index (χ0v) is 12.5. The Hall–Kier alpha value is -1.10. The van der Waals surface area contributed by atoms with Crippen molar-refractivity contribution in [1.82, 2.24) is 10.2 Å². The van der Waals surface area contributed by atoms with Crippen molar-refractivity contribution in [1.29, 1.82) is 0 Å². The molecule has 0 atom stereocenters. The fourth-order valence-electron chi connectivity index (χ4n) is 2.72. The van der Waals surface area contributed by atoms with Gasteiger partial charge in [0.15, 0.2) is 0 Å². The van der Waals surface area contributed by atoms with Crippen LogP contribution in [0.4, 0.5) is 5.69 Å². The Labute approximate surface area is 122 Å². The molecule has 112 valence electrons. The van der Waals surface area contributed by atoms with E-state index in [1.807, 2.05) is 0 Å². The van der Waals surface area contributed by atoms with Gasteiger partial charge in [-0.2, -0.15) is 0 Å². The summed E-state index contributed by atoms with van der Waals surface area (Å²) in [6, 6.07) is 8.69. The fraction of sp³-hybridized carbons (Fsp3) is 0.625. The summed E-state index contributed by atoms with van der Waals surface area (Å²) in [6.07, 6.45) is 1.17. The number of aliphatic hydroxyl groups is 1. The molecule has 1 aliphatic rings. The number of aliphatic hydroxyl groups excluding tert-OH is 1. The minimum atomic E-state index is 0.261. The van der Waals surface area contributed by atoms with E-state index in [0.717, 1.165) is 45.8 Å². The molecule has 0 radical (unpaired) electrons. The van der Waals surface area contributed by atoms with Crippen molar-refractivity contribution in [3.05, 3.63) is 29.8 Å². The maximum Gasteiger partial charge on any atom is 0.0558 e. The van der Waals surface area contributed by atoms with Crippen molar-refractivity contribution >= 4 is 5.69 Å².